The van der Waals surface area contributed by atoms with Gasteiger partial charge in [-0.3, -0.25) is 9.59 Å². The highest BCUT2D eigenvalue weighted by Crippen LogP contribution is 2.39. The topological polar surface area (TPSA) is 93.1 Å². The lowest BCUT2D eigenvalue weighted by Gasteiger charge is -2.31. The molecule has 0 aliphatic heterocycles. The van der Waals surface area contributed by atoms with E-state index in [1.807, 2.05) is 19.1 Å². The Morgan fingerprint density at radius 1 is 1.32 bits per heavy atom. The molecule has 28 heavy (non-hydrogen) atoms. The monoisotopic (exact) mass is 390 g/mol. The molecule has 0 fully saturated rings. The molecule has 0 spiro atoms. The summed E-state index contributed by atoms with van der Waals surface area (Å²) in [5.41, 5.74) is 4.09. The molecule has 0 amide bonds. The number of fused-ring (bicyclic) bond motifs is 1. The Hall–Kier alpha value is -2.18. The fourth-order valence-corrected chi connectivity index (χ4v) is 3.74. The minimum atomic E-state index is -0.979. The van der Waals surface area contributed by atoms with Crippen molar-refractivity contribution in [1.82, 2.24) is 0 Å². The summed E-state index contributed by atoms with van der Waals surface area (Å²) >= 11 is 0. The van der Waals surface area contributed by atoms with Crippen molar-refractivity contribution in [2.24, 2.45) is 5.92 Å². The summed E-state index contributed by atoms with van der Waals surface area (Å²) in [6.45, 7) is 5.53. The fourth-order valence-electron chi connectivity index (χ4n) is 3.74. The van der Waals surface area contributed by atoms with Crippen molar-refractivity contribution in [3.8, 4) is 0 Å². The van der Waals surface area contributed by atoms with E-state index < -0.39 is 18.2 Å². The zero-order chi connectivity index (χ0) is 20.8. The number of aliphatic hydroxyl groups excluding tert-OH is 2. The van der Waals surface area contributed by atoms with Crippen LogP contribution in [-0.4, -0.2) is 41.5 Å². The molecule has 2 N–H and O–H groups in total. The zero-order valence-corrected chi connectivity index (χ0v) is 17.0. The largest absolute Gasteiger partial charge is 0.469 e. The van der Waals surface area contributed by atoms with Gasteiger partial charge in [0.05, 0.1) is 25.7 Å². The van der Waals surface area contributed by atoms with Gasteiger partial charge in [-0.15, -0.1) is 0 Å². The highest BCUT2D eigenvalue weighted by atomic mass is 16.5. The summed E-state index contributed by atoms with van der Waals surface area (Å²) in [7, 11) is 1.26. The Kier molecular flexibility index (Phi) is 7.78. The van der Waals surface area contributed by atoms with Gasteiger partial charge < -0.3 is 19.7 Å². The third kappa shape index (κ3) is 5.91. The number of aryl methyl sites for hydroxylation is 1. The molecular formula is C22H30O6. The summed E-state index contributed by atoms with van der Waals surface area (Å²) < 4.78 is 10.1. The Labute approximate surface area is 166 Å². The quantitative estimate of drug-likeness (QED) is 0.696. The van der Waals surface area contributed by atoms with E-state index in [0.29, 0.717) is 5.92 Å². The van der Waals surface area contributed by atoms with Crippen molar-refractivity contribution in [1.29, 1.82) is 0 Å². The molecule has 6 heteroatoms. The van der Waals surface area contributed by atoms with Gasteiger partial charge in [-0.1, -0.05) is 31.2 Å². The zero-order valence-electron chi connectivity index (χ0n) is 17.0. The summed E-state index contributed by atoms with van der Waals surface area (Å²) in [6, 6.07) is 4.10. The van der Waals surface area contributed by atoms with Crippen LogP contribution in [0.25, 0.3) is 6.08 Å². The molecule has 4 unspecified atom stereocenters. The Morgan fingerprint density at radius 2 is 2.04 bits per heavy atom. The summed E-state index contributed by atoms with van der Waals surface area (Å²) in [5, 5.41) is 20.1. The highest BCUT2D eigenvalue weighted by molar-refractivity contribution is 5.69. The molecule has 1 aliphatic carbocycles. The van der Waals surface area contributed by atoms with Gasteiger partial charge in [0, 0.05) is 18.9 Å². The molecule has 6 nitrogen and oxygen atoms in total. The normalized spacial score (nSPS) is 21.1. The van der Waals surface area contributed by atoms with Crippen LogP contribution < -0.4 is 0 Å². The average Bonchev–Trinajstić information content (AvgIpc) is 2.60. The molecule has 0 bridgehead atoms. The molecule has 1 aromatic carbocycles. The lowest BCUT2D eigenvalue weighted by molar-refractivity contribution is -0.148. The van der Waals surface area contributed by atoms with Crippen molar-refractivity contribution in [2.75, 3.05) is 7.11 Å². The molecule has 154 valence electrons. The van der Waals surface area contributed by atoms with Gasteiger partial charge in [-0.05, 0) is 42.4 Å². The van der Waals surface area contributed by atoms with Crippen LogP contribution in [0.5, 0.6) is 0 Å². The van der Waals surface area contributed by atoms with Crippen LogP contribution >= 0.6 is 0 Å². The predicted molar refractivity (Wildman–Crippen MR) is 105 cm³/mol. The minimum Gasteiger partial charge on any atom is -0.469 e. The average molecular weight is 390 g/mol. The van der Waals surface area contributed by atoms with E-state index in [9.17, 15) is 19.8 Å². The molecule has 0 saturated heterocycles. The highest BCUT2D eigenvalue weighted by Gasteiger charge is 2.29. The van der Waals surface area contributed by atoms with Crippen LogP contribution in [0.1, 0.15) is 61.5 Å². The Morgan fingerprint density at radius 3 is 2.68 bits per heavy atom. The predicted octanol–water partition coefficient (Wildman–Crippen LogP) is 2.87. The van der Waals surface area contributed by atoms with E-state index >= 15 is 0 Å². The van der Waals surface area contributed by atoms with Gasteiger partial charge in [0.1, 0.15) is 6.10 Å². The minimum absolute atomic E-state index is 0.0318. The van der Waals surface area contributed by atoms with Crippen LogP contribution in [-0.2, 0) is 25.5 Å². The molecule has 1 aliphatic rings. The SMILES string of the molecule is COC(=O)CC(O)CC(O)C=Cc1c(C)ccc2c1C(OC(C)=O)CC(C)C2. The third-order valence-electron chi connectivity index (χ3n) is 5.04. The first-order valence-electron chi connectivity index (χ1n) is 9.62. The van der Waals surface area contributed by atoms with E-state index in [1.54, 1.807) is 6.08 Å². The number of rotatable bonds is 7. The molecule has 2 rings (SSSR count). The summed E-state index contributed by atoms with van der Waals surface area (Å²) in [4.78, 5) is 22.8. The van der Waals surface area contributed by atoms with Crippen molar-refractivity contribution in [2.45, 2.75) is 64.8 Å². The first-order chi connectivity index (χ1) is 13.2. The lowest BCUT2D eigenvalue weighted by atomic mass is 9.79. The number of ether oxygens (including phenoxy) is 2. The van der Waals surface area contributed by atoms with E-state index in [2.05, 4.69) is 17.7 Å². The fraction of sp³-hybridized carbons (Fsp3) is 0.545. The van der Waals surface area contributed by atoms with E-state index in [4.69, 9.17) is 4.74 Å². The van der Waals surface area contributed by atoms with Crippen molar-refractivity contribution >= 4 is 18.0 Å². The maximum atomic E-state index is 11.6. The van der Waals surface area contributed by atoms with Gasteiger partial charge in [0.2, 0.25) is 0 Å². The van der Waals surface area contributed by atoms with Gasteiger partial charge in [-0.25, -0.2) is 0 Å². The first-order valence-corrected chi connectivity index (χ1v) is 9.62. The molecule has 4 atom stereocenters. The van der Waals surface area contributed by atoms with Crippen molar-refractivity contribution in [3.63, 3.8) is 0 Å². The van der Waals surface area contributed by atoms with Gasteiger partial charge in [0.25, 0.3) is 0 Å². The van der Waals surface area contributed by atoms with Crippen LogP contribution in [0, 0.1) is 12.8 Å². The molecule has 0 heterocycles. The second-order valence-corrected chi connectivity index (χ2v) is 7.61. The summed E-state index contributed by atoms with van der Waals surface area (Å²) in [5.74, 6) is -0.419. The maximum Gasteiger partial charge on any atom is 0.308 e. The second kappa shape index (κ2) is 9.85. The van der Waals surface area contributed by atoms with Crippen LogP contribution in [0.4, 0.5) is 0 Å². The van der Waals surface area contributed by atoms with Gasteiger partial charge >= 0.3 is 11.9 Å². The van der Waals surface area contributed by atoms with Gasteiger partial charge in [-0.2, -0.15) is 0 Å². The summed E-state index contributed by atoms with van der Waals surface area (Å²) in [6.07, 6.45) is 2.76. The standard InChI is InChI=1S/C22H30O6/c1-13-9-16-6-5-14(2)19(22(16)20(10-13)28-15(3)23)8-7-17(24)11-18(25)12-21(26)27-4/h5-8,13,17-18,20,24-25H,9-12H2,1-4H3. The van der Waals surface area contributed by atoms with Crippen molar-refractivity contribution < 1.29 is 29.3 Å². The van der Waals surface area contributed by atoms with E-state index in [1.165, 1.54) is 14.0 Å². The molecular weight excluding hydrogens is 360 g/mol. The molecule has 0 radical (unpaired) electrons. The third-order valence-corrected chi connectivity index (χ3v) is 5.04. The number of aliphatic hydroxyl groups is 2. The number of hydrogen-bond acceptors (Lipinski definition) is 6. The lowest BCUT2D eigenvalue weighted by Crippen LogP contribution is -2.22. The molecule has 1 aromatic rings. The van der Waals surface area contributed by atoms with E-state index in [-0.39, 0.29) is 24.9 Å². The Bertz CT molecular complexity index is 739. The molecule has 0 aromatic heterocycles. The smallest absolute Gasteiger partial charge is 0.308 e. The van der Waals surface area contributed by atoms with Crippen LogP contribution in [0.3, 0.4) is 0 Å². The maximum absolute atomic E-state index is 11.6. The van der Waals surface area contributed by atoms with E-state index in [0.717, 1.165) is 35.1 Å². The van der Waals surface area contributed by atoms with Crippen LogP contribution in [0.2, 0.25) is 0 Å². The number of carbonyl (C=O) groups excluding carboxylic acids is 2. The molecule has 0 saturated carbocycles. The number of benzene rings is 1. The Balaban J connectivity index is 2.23. The first kappa shape index (κ1) is 22.1. The number of esters is 2. The van der Waals surface area contributed by atoms with Gasteiger partial charge in [0.15, 0.2) is 0 Å². The number of hydrogen-bond donors (Lipinski definition) is 2. The van der Waals surface area contributed by atoms with Crippen molar-refractivity contribution in [3.05, 3.63) is 40.5 Å². The second-order valence-electron chi connectivity index (χ2n) is 7.61. The number of methoxy groups -OCH3 is 1. The number of carbonyl (C=O) groups is 2. The van der Waals surface area contributed by atoms with Crippen LogP contribution in [0.15, 0.2) is 18.2 Å².